The SMILES string of the molecule is CCOP(=O)(O)OC[C@@H]1C[C@@H](O)CN1C(=O)CCCCCN. The van der Waals surface area contributed by atoms with Crippen molar-refractivity contribution in [2.75, 3.05) is 26.3 Å². The lowest BCUT2D eigenvalue weighted by atomic mass is 10.1. The topological polar surface area (TPSA) is 122 Å². The van der Waals surface area contributed by atoms with Gasteiger partial charge in [0.05, 0.1) is 25.4 Å². The van der Waals surface area contributed by atoms with Crippen molar-refractivity contribution in [1.29, 1.82) is 0 Å². The van der Waals surface area contributed by atoms with Crippen LogP contribution in [-0.4, -0.2) is 59.3 Å². The summed E-state index contributed by atoms with van der Waals surface area (Å²) in [6.45, 7) is 2.36. The third-order valence-electron chi connectivity index (χ3n) is 3.53. The summed E-state index contributed by atoms with van der Waals surface area (Å²) < 4.78 is 21.0. The number of phosphoric acid groups is 1. The number of hydrogen-bond acceptors (Lipinski definition) is 6. The van der Waals surface area contributed by atoms with Crippen LogP contribution in [0.3, 0.4) is 0 Å². The van der Waals surface area contributed by atoms with Crippen LogP contribution in [0, 0.1) is 0 Å². The average Bonchev–Trinajstić information content (AvgIpc) is 2.82. The van der Waals surface area contributed by atoms with Crippen LogP contribution in [-0.2, 0) is 18.4 Å². The number of amides is 1. The Morgan fingerprint density at radius 1 is 1.36 bits per heavy atom. The Labute approximate surface area is 131 Å². The highest BCUT2D eigenvalue weighted by molar-refractivity contribution is 7.47. The number of hydrogen-bond donors (Lipinski definition) is 3. The zero-order valence-electron chi connectivity index (χ0n) is 13.0. The van der Waals surface area contributed by atoms with Crippen LogP contribution in [0.2, 0.25) is 0 Å². The predicted octanol–water partition coefficient (Wildman–Crippen LogP) is 0.621. The van der Waals surface area contributed by atoms with Crippen LogP contribution in [0.15, 0.2) is 0 Å². The molecule has 8 nitrogen and oxygen atoms in total. The molecule has 3 atom stereocenters. The normalized spacial score (nSPS) is 24.5. The number of nitrogens with zero attached hydrogens (tertiary/aromatic N) is 1. The van der Waals surface area contributed by atoms with E-state index in [0.717, 1.165) is 19.3 Å². The van der Waals surface area contributed by atoms with Crippen molar-refractivity contribution in [3.05, 3.63) is 0 Å². The van der Waals surface area contributed by atoms with Gasteiger partial charge >= 0.3 is 7.82 Å². The highest BCUT2D eigenvalue weighted by atomic mass is 31.2. The van der Waals surface area contributed by atoms with Gasteiger partial charge in [-0.15, -0.1) is 0 Å². The van der Waals surface area contributed by atoms with Crippen molar-refractivity contribution in [1.82, 2.24) is 4.90 Å². The fourth-order valence-corrected chi connectivity index (χ4v) is 3.24. The Morgan fingerprint density at radius 3 is 2.73 bits per heavy atom. The molecule has 0 aliphatic carbocycles. The molecule has 1 aliphatic heterocycles. The second-order valence-electron chi connectivity index (χ2n) is 5.37. The van der Waals surface area contributed by atoms with E-state index in [2.05, 4.69) is 4.52 Å². The molecule has 4 N–H and O–H groups in total. The molecule has 1 amide bonds. The van der Waals surface area contributed by atoms with Gasteiger partial charge in [-0.25, -0.2) is 4.57 Å². The van der Waals surface area contributed by atoms with Gasteiger partial charge in [-0.1, -0.05) is 6.42 Å². The number of unbranched alkanes of at least 4 members (excludes halogenated alkanes) is 2. The second kappa shape index (κ2) is 9.60. The molecule has 0 spiro atoms. The first-order valence-electron chi connectivity index (χ1n) is 7.69. The molecule has 0 saturated carbocycles. The minimum Gasteiger partial charge on any atom is -0.391 e. The first-order chi connectivity index (χ1) is 10.4. The van der Waals surface area contributed by atoms with Gasteiger partial charge in [-0.2, -0.15) is 0 Å². The zero-order chi connectivity index (χ0) is 16.6. The number of aliphatic hydroxyl groups is 1. The summed E-state index contributed by atoms with van der Waals surface area (Å²) in [5.74, 6) is -0.0775. The lowest BCUT2D eigenvalue weighted by molar-refractivity contribution is -0.133. The monoisotopic (exact) mass is 338 g/mol. The molecular formula is C13H27N2O6P. The van der Waals surface area contributed by atoms with E-state index in [0.29, 0.717) is 19.4 Å². The minimum absolute atomic E-state index is 0.0604. The van der Waals surface area contributed by atoms with Gasteiger partial charge in [-0.05, 0) is 32.7 Å². The molecule has 9 heteroatoms. The standard InChI is InChI=1S/C13H27N2O6P/c1-2-20-22(18,19)21-10-11-8-12(16)9-15(11)13(17)6-4-3-5-7-14/h11-12,16H,2-10,14H2,1H3,(H,18,19)/t11-,12+/m0/s1. The van der Waals surface area contributed by atoms with Gasteiger partial charge in [0.1, 0.15) is 0 Å². The van der Waals surface area contributed by atoms with Crippen LogP contribution in [0.1, 0.15) is 39.0 Å². The summed E-state index contributed by atoms with van der Waals surface area (Å²) in [6, 6.07) is -0.405. The molecule has 0 aromatic rings. The summed E-state index contributed by atoms with van der Waals surface area (Å²) >= 11 is 0. The first-order valence-corrected chi connectivity index (χ1v) is 9.18. The van der Waals surface area contributed by atoms with Gasteiger partial charge < -0.3 is 20.6 Å². The Bertz CT molecular complexity index is 395. The van der Waals surface area contributed by atoms with Crippen molar-refractivity contribution in [3.8, 4) is 0 Å². The lowest BCUT2D eigenvalue weighted by Gasteiger charge is -2.25. The van der Waals surface area contributed by atoms with E-state index in [1.807, 2.05) is 0 Å². The quantitative estimate of drug-likeness (QED) is 0.394. The zero-order valence-corrected chi connectivity index (χ0v) is 13.9. The van der Waals surface area contributed by atoms with Gasteiger partial charge in [0.2, 0.25) is 5.91 Å². The van der Waals surface area contributed by atoms with E-state index in [9.17, 15) is 19.4 Å². The summed E-state index contributed by atoms with van der Waals surface area (Å²) in [5.41, 5.74) is 5.41. The molecule has 22 heavy (non-hydrogen) atoms. The summed E-state index contributed by atoms with van der Waals surface area (Å²) in [7, 11) is -4.09. The van der Waals surface area contributed by atoms with Gasteiger partial charge in [0.25, 0.3) is 0 Å². The fourth-order valence-electron chi connectivity index (χ4n) is 2.48. The molecule has 1 rings (SSSR count). The number of rotatable bonds is 10. The van der Waals surface area contributed by atoms with E-state index in [1.165, 1.54) is 4.90 Å². The van der Waals surface area contributed by atoms with E-state index >= 15 is 0 Å². The fraction of sp³-hybridized carbons (Fsp3) is 0.923. The van der Waals surface area contributed by atoms with Gasteiger partial charge in [0, 0.05) is 13.0 Å². The van der Waals surface area contributed by atoms with Crippen LogP contribution in [0.4, 0.5) is 0 Å². The molecule has 1 heterocycles. The molecule has 1 saturated heterocycles. The van der Waals surface area contributed by atoms with Gasteiger partial charge in [0.15, 0.2) is 0 Å². The second-order valence-corrected chi connectivity index (χ2v) is 6.82. The third-order valence-corrected chi connectivity index (χ3v) is 4.59. The molecule has 1 fully saturated rings. The molecular weight excluding hydrogens is 311 g/mol. The van der Waals surface area contributed by atoms with Crippen LogP contribution in [0.25, 0.3) is 0 Å². The molecule has 1 aliphatic rings. The third kappa shape index (κ3) is 6.73. The van der Waals surface area contributed by atoms with Crippen molar-refractivity contribution in [2.24, 2.45) is 5.73 Å². The van der Waals surface area contributed by atoms with Crippen LogP contribution < -0.4 is 5.73 Å². The van der Waals surface area contributed by atoms with E-state index in [1.54, 1.807) is 6.92 Å². The van der Waals surface area contributed by atoms with Crippen molar-refractivity contribution < 1.29 is 28.4 Å². The number of β-amino-alcohol motifs (C(OH)–C–C–N with tert-alkyl or cyclic N) is 1. The number of aliphatic hydroxyl groups excluding tert-OH is 1. The number of likely N-dealkylation sites (tertiary alicyclic amines) is 1. The first kappa shape index (κ1) is 19.5. The van der Waals surface area contributed by atoms with E-state index in [4.69, 9.17) is 10.3 Å². The summed E-state index contributed by atoms with van der Waals surface area (Å²) in [4.78, 5) is 23.1. The van der Waals surface area contributed by atoms with Crippen LogP contribution >= 0.6 is 7.82 Å². The van der Waals surface area contributed by atoms with Crippen molar-refractivity contribution >= 4 is 13.7 Å². The maximum absolute atomic E-state index is 12.2. The highest BCUT2D eigenvalue weighted by Gasteiger charge is 2.35. The number of nitrogens with two attached hydrogens (primary N) is 1. The van der Waals surface area contributed by atoms with Gasteiger partial charge in [-0.3, -0.25) is 13.8 Å². The Hall–Kier alpha value is -0.500. The lowest BCUT2D eigenvalue weighted by Crippen LogP contribution is -2.38. The van der Waals surface area contributed by atoms with E-state index < -0.39 is 20.0 Å². The Kier molecular flexibility index (Phi) is 8.53. The molecule has 0 aromatic carbocycles. The van der Waals surface area contributed by atoms with Crippen molar-refractivity contribution in [2.45, 2.75) is 51.2 Å². The number of carbonyl (C=O) groups is 1. The van der Waals surface area contributed by atoms with Crippen LogP contribution in [0.5, 0.6) is 0 Å². The predicted molar refractivity (Wildman–Crippen MR) is 81.1 cm³/mol. The number of phosphoric ester groups is 1. The van der Waals surface area contributed by atoms with Crippen molar-refractivity contribution in [3.63, 3.8) is 0 Å². The molecule has 0 bridgehead atoms. The summed E-state index contributed by atoms with van der Waals surface area (Å²) in [6.07, 6.45) is 2.59. The van der Waals surface area contributed by atoms with E-state index in [-0.39, 0.29) is 25.7 Å². The average molecular weight is 338 g/mol. The maximum Gasteiger partial charge on any atom is 0.472 e. The molecule has 0 radical (unpaired) electrons. The smallest absolute Gasteiger partial charge is 0.391 e. The molecule has 130 valence electrons. The molecule has 0 aromatic heterocycles. The Balaban J connectivity index is 2.46. The number of carbonyl (C=O) groups excluding carboxylic acids is 1. The Morgan fingerprint density at radius 2 is 2.09 bits per heavy atom. The molecule has 1 unspecified atom stereocenters. The maximum atomic E-state index is 12.2. The highest BCUT2D eigenvalue weighted by Crippen LogP contribution is 2.43. The summed E-state index contributed by atoms with van der Waals surface area (Å²) in [5, 5.41) is 9.73. The largest absolute Gasteiger partial charge is 0.472 e. The minimum atomic E-state index is -4.09.